The maximum atomic E-state index is 14.4. The highest BCUT2D eigenvalue weighted by atomic mass is 19.1. The van der Waals surface area contributed by atoms with Crippen LogP contribution in [0.25, 0.3) is 0 Å². The fraction of sp³-hybridized carbons (Fsp3) is 0.421. The number of terminal acetylenes is 1. The Labute approximate surface area is 273 Å². The number of aliphatic hydroxyl groups excluding tert-OH is 1. The number of aryl methyl sites for hydroxylation is 1. The Bertz CT molecular complexity index is 1430. The summed E-state index contributed by atoms with van der Waals surface area (Å²) in [4.78, 5) is 28.7. The predicted molar refractivity (Wildman–Crippen MR) is 183 cm³/mol. The van der Waals surface area contributed by atoms with E-state index in [1.807, 2.05) is 26.0 Å². The van der Waals surface area contributed by atoms with Crippen LogP contribution in [0.4, 0.5) is 8.78 Å². The molecule has 248 valence electrons. The van der Waals surface area contributed by atoms with Gasteiger partial charge in [-0.3, -0.25) is 9.59 Å². The molecule has 0 saturated heterocycles. The second-order valence-electron chi connectivity index (χ2n) is 11.3. The van der Waals surface area contributed by atoms with Gasteiger partial charge in [0.25, 0.3) is 11.8 Å². The molecule has 0 spiro atoms. The molecule has 0 aliphatic carbocycles. The predicted octanol–water partition coefficient (Wildman–Crippen LogP) is 7.19. The highest BCUT2D eigenvalue weighted by molar-refractivity contribution is 6.00. The van der Waals surface area contributed by atoms with E-state index in [0.29, 0.717) is 49.3 Å². The van der Waals surface area contributed by atoms with E-state index >= 15 is 0 Å². The molecule has 2 aromatic rings. The lowest BCUT2D eigenvalue weighted by Gasteiger charge is -2.25. The van der Waals surface area contributed by atoms with Crippen LogP contribution in [0.2, 0.25) is 0 Å². The Hall–Kier alpha value is -4.06. The summed E-state index contributed by atoms with van der Waals surface area (Å²) in [6.45, 7) is 11.2. The molecule has 2 atom stereocenters. The van der Waals surface area contributed by atoms with E-state index in [9.17, 15) is 23.5 Å². The van der Waals surface area contributed by atoms with Crippen LogP contribution in [0.15, 0.2) is 77.9 Å². The summed E-state index contributed by atoms with van der Waals surface area (Å²) >= 11 is 0. The maximum Gasteiger partial charge on any atom is 0.253 e. The van der Waals surface area contributed by atoms with Gasteiger partial charge in [0.1, 0.15) is 5.83 Å². The third-order valence-electron chi connectivity index (χ3n) is 7.50. The van der Waals surface area contributed by atoms with E-state index in [2.05, 4.69) is 35.6 Å². The molecule has 1 unspecified atom stereocenters. The van der Waals surface area contributed by atoms with Crippen LogP contribution < -0.4 is 10.6 Å². The minimum Gasteiger partial charge on any atom is -0.391 e. The van der Waals surface area contributed by atoms with Crippen molar-refractivity contribution in [3.8, 4) is 12.3 Å². The summed E-state index contributed by atoms with van der Waals surface area (Å²) < 4.78 is 27.7. The minimum atomic E-state index is -1.01. The van der Waals surface area contributed by atoms with Gasteiger partial charge in [0.15, 0.2) is 0 Å². The van der Waals surface area contributed by atoms with Crippen LogP contribution in [0.5, 0.6) is 0 Å². The standard InChI is InChI=1S/C38H49F2N3O3/c1-7-17-43(18-8-2)38(46)33-22-29(10-4)21-32(25-33)37(45)42-35(24-30(11-5)23-34(40)19-27(6)39)36(44)15-16-41-26-31-14-12-13-28(9-3)20-31/h4,11-14,19-23,25,35-36,41,44H,7-9,15-18,24,26H2,1-3,5-6H3,(H,42,45)/b27-19+,30-11+,34-23+/t35-,36?/m0/s1. The average molecular weight is 634 g/mol. The molecular weight excluding hydrogens is 584 g/mol. The first kappa shape index (κ1) is 38.1. The number of carbonyl (C=O) groups excluding carboxylic acids is 2. The maximum absolute atomic E-state index is 14.4. The molecule has 0 saturated carbocycles. The van der Waals surface area contributed by atoms with Gasteiger partial charge in [-0.2, -0.15) is 0 Å². The molecule has 0 radical (unpaired) electrons. The van der Waals surface area contributed by atoms with Gasteiger partial charge in [-0.1, -0.05) is 57.0 Å². The van der Waals surface area contributed by atoms with Gasteiger partial charge in [0.2, 0.25) is 0 Å². The summed E-state index contributed by atoms with van der Waals surface area (Å²) in [6.07, 6.45) is 11.2. The first-order valence-corrected chi connectivity index (χ1v) is 16.1. The number of hydrogen-bond donors (Lipinski definition) is 3. The van der Waals surface area contributed by atoms with Crippen LogP contribution in [0.3, 0.4) is 0 Å². The van der Waals surface area contributed by atoms with E-state index in [1.165, 1.54) is 23.8 Å². The van der Waals surface area contributed by atoms with E-state index < -0.39 is 29.7 Å². The van der Waals surface area contributed by atoms with Gasteiger partial charge in [-0.15, -0.1) is 6.42 Å². The smallest absolute Gasteiger partial charge is 0.253 e. The van der Waals surface area contributed by atoms with Crippen LogP contribution in [-0.2, 0) is 13.0 Å². The number of carbonyl (C=O) groups is 2. The lowest BCUT2D eigenvalue weighted by Crippen LogP contribution is -2.44. The zero-order valence-corrected chi connectivity index (χ0v) is 27.8. The molecule has 8 heteroatoms. The fourth-order valence-electron chi connectivity index (χ4n) is 5.10. The number of allylic oxidation sites excluding steroid dienone is 5. The van der Waals surface area contributed by atoms with Gasteiger partial charge in [-0.05, 0) is 93.5 Å². The summed E-state index contributed by atoms with van der Waals surface area (Å²) in [7, 11) is 0. The van der Waals surface area contributed by atoms with Crippen molar-refractivity contribution < 1.29 is 23.5 Å². The summed E-state index contributed by atoms with van der Waals surface area (Å²) in [5.74, 6) is 0.322. The quantitative estimate of drug-likeness (QED) is 0.0922. The van der Waals surface area contributed by atoms with Gasteiger partial charge in [0.05, 0.1) is 18.0 Å². The molecule has 0 fully saturated rings. The van der Waals surface area contributed by atoms with Crippen molar-refractivity contribution in [3.05, 3.63) is 106 Å². The zero-order chi connectivity index (χ0) is 34.1. The van der Waals surface area contributed by atoms with Crippen molar-refractivity contribution in [2.45, 2.75) is 85.4 Å². The van der Waals surface area contributed by atoms with E-state index in [4.69, 9.17) is 6.42 Å². The molecular formula is C38H49F2N3O3. The summed E-state index contributed by atoms with van der Waals surface area (Å²) in [6, 6.07) is 12.1. The molecule has 0 aliphatic heterocycles. The SMILES string of the molecule is C#Cc1cc(C(=O)N[C@@H](CC(=C/C)/C=C(F)\C=C(/C)F)C(O)CCNCc2cccc(CC)c2)cc(C(=O)N(CCC)CCC)c1. The number of rotatable bonds is 18. The molecule has 0 heterocycles. The molecule has 0 bridgehead atoms. The van der Waals surface area contributed by atoms with Gasteiger partial charge in [0, 0.05) is 42.4 Å². The van der Waals surface area contributed by atoms with Gasteiger partial charge in [-0.25, -0.2) is 8.78 Å². The highest BCUT2D eigenvalue weighted by Crippen LogP contribution is 2.19. The van der Waals surface area contributed by atoms with Crippen LogP contribution >= 0.6 is 0 Å². The Morgan fingerprint density at radius 1 is 1.02 bits per heavy atom. The monoisotopic (exact) mass is 633 g/mol. The van der Waals surface area contributed by atoms with E-state index in [1.54, 1.807) is 24.0 Å². The molecule has 0 aliphatic rings. The highest BCUT2D eigenvalue weighted by Gasteiger charge is 2.24. The van der Waals surface area contributed by atoms with Crippen molar-refractivity contribution in [1.29, 1.82) is 0 Å². The van der Waals surface area contributed by atoms with Crippen molar-refractivity contribution in [2.24, 2.45) is 0 Å². The summed E-state index contributed by atoms with van der Waals surface area (Å²) in [5.41, 5.74) is 3.70. The van der Waals surface area contributed by atoms with E-state index in [0.717, 1.165) is 37.8 Å². The van der Waals surface area contributed by atoms with Crippen molar-refractivity contribution >= 4 is 11.8 Å². The molecule has 2 aromatic carbocycles. The Morgan fingerprint density at radius 2 is 1.70 bits per heavy atom. The largest absolute Gasteiger partial charge is 0.391 e. The van der Waals surface area contributed by atoms with Crippen LogP contribution in [0, 0.1) is 12.3 Å². The lowest BCUT2D eigenvalue weighted by molar-refractivity contribution is 0.0755. The Kier molecular flexibility index (Phi) is 16.7. The number of hydrogen-bond acceptors (Lipinski definition) is 4. The third-order valence-corrected chi connectivity index (χ3v) is 7.50. The molecule has 46 heavy (non-hydrogen) atoms. The van der Waals surface area contributed by atoms with Crippen LogP contribution in [0.1, 0.15) is 97.7 Å². The second kappa shape index (κ2) is 20.1. The first-order chi connectivity index (χ1) is 22.0. The topological polar surface area (TPSA) is 81.7 Å². The van der Waals surface area contributed by atoms with Gasteiger partial charge >= 0.3 is 0 Å². The number of amides is 2. The average Bonchev–Trinajstić information content (AvgIpc) is 3.04. The number of nitrogens with one attached hydrogen (secondary N) is 2. The zero-order valence-electron chi connectivity index (χ0n) is 27.8. The lowest BCUT2D eigenvalue weighted by atomic mass is 9.97. The first-order valence-electron chi connectivity index (χ1n) is 16.1. The molecule has 3 N–H and O–H groups in total. The van der Waals surface area contributed by atoms with Crippen LogP contribution in [-0.4, -0.2) is 53.6 Å². The number of nitrogens with zero attached hydrogens (tertiary/aromatic N) is 1. The van der Waals surface area contributed by atoms with Crippen molar-refractivity contribution in [3.63, 3.8) is 0 Å². The van der Waals surface area contributed by atoms with E-state index in [-0.39, 0.29) is 17.9 Å². The fourth-order valence-corrected chi connectivity index (χ4v) is 5.10. The van der Waals surface area contributed by atoms with Crippen molar-refractivity contribution in [2.75, 3.05) is 19.6 Å². The molecule has 0 aromatic heterocycles. The number of benzene rings is 2. The normalized spacial score (nSPS) is 13.6. The number of aliphatic hydroxyl groups is 1. The Morgan fingerprint density at radius 3 is 2.30 bits per heavy atom. The molecule has 2 amide bonds. The van der Waals surface area contributed by atoms with Crippen molar-refractivity contribution in [1.82, 2.24) is 15.5 Å². The second-order valence-corrected chi connectivity index (χ2v) is 11.3. The minimum absolute atomic E-state index is 0.0793. The molecule has 6 nitrogen and oxygen atoms in total. The Balaban J connectivity index is 2.31. The number of halogens is 2. The summed E-state index contributed by atoms with van der Waals surface area (Å²) in [5, 5.41) is 17.5. The van der Waals surface area contributed by atoms with Gasteiger partial charge < -0.3 is 20.6 Å². The third kappa shape index (κ3) is 12.7. The molecule has 2 rings (SSSR count).